The van der Waals surface area contributed by atoms with E-state index in [1.807, 2.05) is 19.2 Å². The van der Waals surface area contributed by atoms with Gasteiger partial charge in [0, 0.05) is 26.2 Å². The lowest BCUT2D eigenvalue weighted by molar-refractivity contribution is -0.0837. The Kier molecular flexibility index (Phi) is 5.42. The molecule has 1 aliphatic heterocycles. The van der Waals surface area contributed by atoms with Gasteiger partial charge in [-0.2, -0.15) is 4.98 Å². The van der Waals surface area contributed by atoms with Crippen LogP contribution in [0, 0.1) is 5.92 Å². The van der Waals surface area contributed by atoms with Crippen molar-refractivity contribution in [2.45, 2.75) is 26.4 Å². The van der Waals surface area contributed by atoms with Crippen LogP contribution in [0.25, 0.3) is 11.5 Å². The normalized spacial score (nSPS) is 18.1. The fraction of sp³-hybridized carbons (Fsp3) is 0.588. The standard InChI is InChI=1S/C17H24N4O3/c1-12(2)8-15-19-17(24-20-15)13-4-5-16(18-9-13)21(3)10-14-11-22-6-7-23-14/h4-5,9,12,14H,6-8,10-11H2,1-3H3. The molecule has 1 saturated heterocycles. The van der Waals surface area contributed by atoms with E-state index in [0.29, 0.717) is 31.6 Å². The molecular weight excluding hydrogens is 308 g/mol. The highest BCUT2D eigenvalue weighted by molar-refractivity contribution is 5.54. The van der Waals surface area contributed by atoms with E-state index in [9.17, 15) is 0 Å². The minimum Gasteiger partial charge on any atom is -0.376 e. The maximum atomic E-state index is 5.67. The van der Waals surface area contributed by atoms with E-state index < -0.39 is 0 Å². The zero-order valence-electron chi connectivity index (χ0n) is 14.4. The number of ether oxygens (including phenoxy) is 2. The van der Waals surface area contributed by atoms with Crippen LogP contribution in [0.3, 0.4) is 0 Å². The van der Waals surface area contributed by atoms with Crippen molar-refractivity contribution in [2.24, 2.45) is 5.92 Å². The van der Waals surface area contributed by atoms with Crippen LogP contribution in [0.2, 0.25) is 0 Å². The smallest absolute Gasteiger partial charge is 0.259 e. The highest BCUT2D eigenvalue weighted by atomic mass is 16.6. The third-order valence-corrected chi connectivity index (χ3v) is 3.81. The summed E-state index contributed by atoms with van der Waals surface area (Å²) in [6.07, 6.45) is 2.65. The van der Waals surface area contributed by atoms with Crippen LogP contribution in [-0.2, 0) is 15.9 Å². The number of aromatic nitrogens is 3. The average molecular weight is 332 g/mol. The predicted molar refractivity (Wildman–Crippen MR) is 89.9 cm³/mol. The maximum Gasteiger partial charge on any atom is 0.259 e. The van der Waals surface area contributed by atoms with E-state index in [0.717, 1.165) is 30.2 Å². The van der Waals surface area contributed by atoms with Crippen molar-refractivity contribution >= 4 is 5.82 Å². The summed E-state index contributed by atoms with van der Waals surface area (Å²) in [5.41, 5.74) is 0.826. The first-order valence-corrected chi connectivity index (χ1v) is 8.31. The second-order valence-electron chi connectivity index (χ2n) is 6.47. The van der Waals surface area contributed by atoms with Gasteiger partial charge in [-0.05, 0) is 18.1 Å². The second-order valence-corrected chi connectivity index (χ2v) is 6.47. The van der Waals surface area contributed by atoms with Crippen molar-refractivity contribution in [3.63, 3.8) is 0 Å². The van der Waals surface area contributed by atoms with Crippen molar-refractivity contribution in [3.05, 3.63) is 24.2 Å². The lowest BCUT2D eigenvalue weighted by Gasteiger charge is -2.28. The fourth-order valence-corrected chi connectivity index (χ4v) is 2.60. The third-order valence-electron chi connectivity index (χ3n) is 3.81. The Labute approximate surface area is 142 Å². The van der Waals surface area contributed by atoms with Crippen LogP contribution in [0.15, 0.2) is 22.9 Å². The molecule has 0 N–H and O–H groups in total. The van der Waals surface area contributed by atoms with Crippen LogP contribution in [0.4, 0.5) is 5.82 Å². The lowest BCUT2D eigenvalue weighted by Crippen LogP contribution is -2.38. The van der Waals surface area contributed by atoms with Crippen molar-refractivity contribution in [1.82, 2.24) is 15.1 Å². The summed E-state index contributed by atoms with van der Waals surface area (Å²) in [4.78, 5) is 11.0. The molecule has 0 aromatic carbocycles. The van der Waals surface area contributed by atoms with Gasteiger partial charge in [-0.1, -0.05) is 19.0 Å². The first kappa shape index (κ1) is 16.9. The van der Waals surface area contributed by atoms with Gasteiger partial charge in [-0.15, -0.1) is 0 Å². The summed E-state index contributed by atoms with van der Waals surface area (Å²) in [6.45, 7) is 6.96. The Hall–Kier alpha value is -1.99. The number of pyridine rings is 1. The van der Waals surface area contributed by atoms with Crippen molar-refractivity contribution < 1.29 is 14.0 Å². The number of nitrogens with zero attached hydrogens (tertiary/aromatic N) is 4. The zero-order chi connectivity index (χ0) is 16.9. The van der Waals surface area contributed by atoms with Crippen LogP contribution >= 0.6 is 0 Å². The molecule has 0 radical (unpaired) electrons. The van der Waals surface area contributed by atoms with Gasteiger partial charge in [0.25, 0.3) is 5.89 Å². The Bertz CT molecular complexity index is 636. The van der Waals surface area contributed by atoms with E-state index in [2.05, 4.69) is 33.9 Å². The van der Waals surface area contributed by atoms with Gasteiger partial charge in [0.1, 0.15) is 5.82 Å². The molecule has 1 aliphatic rings. The van der Waals surface area contributed by atoms with Crippen LogP contribution in [0.5, 0.6) is 0 Å². The molecular formula is C17H24N4O3. The minimum absolute atomic E-state index is 0.0831. The van der Waals surface area contributed by atoms with Gasteiger partial charge in [0.05, 0.1) is 31.5 Å². The van der Waals surface area contributed by atoms with Gasteiger partial charge >= 0.3 is 0 Å². The minimum atomic E-state index is 0.0831. The van der Waals surface area contributed by atoms with Crippen molar-refractivity contribution in [2.75, 3.05) is 38.3 Å². The number of anilines is 1. The highest BCUT2D eigenvalue weighted by Gasteiger charge is 2.17. The van der Waals surface area contributed by atoms with Gasteiger partial charge in [0.2, 0.25) is 0 Å². The molecule has 1 fully saturated rings. The Balaban J connectivity index is 1.63. The van der Waals surface area contributed by atoms with Crippen molar-refractivity contribution in [1.29, 1.82) is 0 Å². The van der Waals surface area contributed by atoms with E-state index in [1.54, 1.807) is 6.20 Å². The van der Waals surface area contributed by atoms with Crippen LogP contribution in [0.1, 0.15) is 19.7 Å². The summed E-state index contributed by atoms with van der Waals surface area (Å²) < 4.78 is 16.4. The number of likely N-dealkylation sites (N-methyl/N-ethyl adjacent to an activating group) is 1. The van der Waals surface area contributed by atoms with Crippen LogP contribution in [-0.4, -0.2) is 54.6 Å². The Morgan fingerprint density at radius 2 is 2.17 bits per heavy atom. The summed E-state index contributed by atoms with van der Waals surface area (Å²) in [6, 6.07) is 3.90. The van der Waals surface area contributed by atoms with E-state index in [-0.39, 0.29) is 6.10 Å². The van der Waals surface area contributed by atoms with Gasteiger partial charge in [0.15, 0.2) is 5.82 Å². The molecule has 1 unspecified atom stereocenters. The first-order chi connectivity index (χ1) is 11.6. The number of rotatable bonds is 6. The molecule has 130 valence electrons. The van der Waals surface area contributed by atoms with E-state index in [1.165, 1.54) is 0 Å². The van der Waals surface area contributed by atoms with E-state index >= 15 is 0 Å². The first-order valence-electron chi connectivity index (χ1n) is 8.31. The number of hydrogen-bond donors (Lipinski definition) is 0. The topological polar surface area (TPSA) is 73.5 Å². The van der Waals surface area contributed by atoms with Gasteiger partial charge in [-0.25, -0.2) is 4.98 Å². The molecule has 7 nitrogen and oxygen atoms in total. The highest BCUT2D eigenvalue weighted by Crippen LogP contribution is 2.20. The predicted octanol–water partition coefficient (Wildman–Crippen LogP) is 2.18. The molecule has 3 rings (SSSR count). The monoisotopic (exact) mass is 332 g/mol. The summed E-state index contributed by atoms with van der Waals surface area (Å²) in [5, 5.41) is 4.01. The van der Waals surface area contributed by atoms with Crippen LogP contribution < -0.4 is 4.90 Å². The quantitative estimate of drug-likeness (QED) is 0.802. The molecule has 0 saturated carbocycles. The third kappa shape index (κ3) is 4.30. The molecule has 0 amide bonds. The molecule has 2 aromatic rings. The van der Waals surface area contributed by atoms with Gasteiger partial charge in [-0.3, -0.25) is 0 Å². The zero-order valence-corrected chi connectivity index (χ0v) is 14.4. The fourth-order valence-electron chi connectivity index (χ4n) is 2.60. The summed E-state index contributed by atoms with van der Waals surface area (Å²) in [7, 11) is 1.99. The Morgan fingerprint density at radius 1 is 1.29 bits per heavy atom. The molecule has 2 aromatic heterocycles. The molecule has 24 heavy (non-hydrogen) atoms. The Morgan fingerprint density at radius 3 is 2.83 bits per heavy atom. The second kappa shape index (κ2) is 7.72. The number of hydrogen-bond acceptors (Lipinski definition) is 7. The van der Waals surface area contributed by atoms with Crippen molar-refractivity contribution in [3.8, 4) is 11.5 Å². The molecule has 0 spiro atoms. The van der Waals surface area contributed by atoms with E-state index in [4.69, 9.17) is 14.0 Å². The molecule has 1 atom stereocenters. The maximum absolute atomic E-state index is 5.67. The molecule has 7 heteroatoms. The molecule has 0 bridgehead atoms. The summed E-state index contributed by atoms with van der Waals surface area (Å²) in [5.74, 6) is 2.61. The molecule has 3 heterocycles. The lowest BCUT2D eigenvalue weighted by atomic mass is 10.1. The molecule has 0 aliphatic carbocycles. The summed E-state index contributed by atoms with van der Waals surface area (Å²) >= 11 is 0. The van der Waals surface area contributed by atoms with Gasteiger partial charge < -0.3 is 18.9 Å². The average Bonchev–Trinajstić information content (AvgIpc) is 3.03. The SMILES string of the molecule is CC(C)Cc1noc(-c2ccc(N(C)CC3COCCO3)nc2)n1. The largest absolute Gasteiger partial charge is 0.376 e.